The van der Waals surface area contributed by atoms with Gasteiger partial charge in [0, 0.05) is 57.5 Å². The standard InChI is InChI=1S/C26H29FN4O4S/c27-23-17-21(29-36(33,34)24-5-1-3-20-4-2-10-28-25(20)24)6-7-22(23)26(32)31-13-11-30(12-14-31)18-19-8-15-35-16-9-19/h1-7,10,17,19,29H,8-9,11-16,18H2. The number of amides is 1. The lowest BCUT2D eigenvalue weighted by Crippen LogP contribution is -2.50. The van der Waals surface area contributed by atoms with E-state index < -0.39 is 15.8 Å². The third-order valence-electron chi connectivity index (χ3n) is 6.85. The zero-order valence-electron chi connectivity index (χ0n) is 19.9. The van der Waals surface area contributed by atoms with E-state index in [-0.39, 0.29) is 22.1 Å². The van der Waals surface area contributed by atoms with Gasteiger partial charge < -0.3 is 9.64 Å². The van der Waals surface area contributed by atoms with E-state index in [2.05, 4.69) is 14.6 Å². The second-order valence-corrected chi connectivity index (χ2v) is 10.9. The Morgan fingerprint density at radius 2 is 1.81 bits per heavy atom. The normalized spacial score (nSPS) is 17.9. The van der Waals surface area contributed by atoms with Gasteiger partial charge in [0.2, 0.25) is 0 Å². The van der Waals surface area contributed by atoms with E-state index in [9.17, 15) is 17.6 Å². The van der Waals surface area contributed by atoms with Gasteiger partial charge in [-0.3, -0.25) is 19.4 Å². The Bertz CT molecular complexity index is 1350. The number of pyridine rings is 1. The lowest BCUT2D eigenvalue weighted by Gasteiger charge is -2.37. The van der Waals surface area contributed by atoms with Gasteiger partial charge in [-0.2, -0.15) is 0 Å². The molecule has 5 rings (SSSR count). The Balaban J connectivity index is 1.24. The number of ether oxygens (including phenoxy) is 1. The average molecular weight is 513 g/mol. The first-order valence-electron chi connectivity index (χ1n) is 12.2. The Labute approximate surface area is 210 Å². The number of rotatable bonds is 6. The predicted molar refractivity (Wildman–Crippen MR) is 135 cm³/mol. The molecular formula is C26H29FN4O4S. The summed E-state index contributed by atoms with van der Waals surface area (Å²) in [6.45, 7) is 5.19. The molecule has 0 bridgehead atoms. The minimum atomic E-state index is -4.02. The van der Waals surface area contributed by atoms with Crippen LogP contribution in [0.5, 0.6) is 0 Å². The fourth-order valence-corrected chi connectivity index (χ4v) is 6.08. The van der Waals surface area contributed by atoms with Crippen molar-refractivity contribution in [2.75, 3.05) is 50.7 Å². The van der Waals surface area contributed by atoms with Gasteiger partial charge in [-0.25, -0.2) is 12.8 Å². The van der Waals surface area contributed by atoms with Crippen LogP contribution in [0, 0.1) is 11.7 Å². The second kappa shape index (κ2) is 10.5. The topological polar surface area (TPSA) is 91.8 Å². The van der Waals surface area contributed by atoms with E-state index in [1.54, 1.807) is 29.2 Å². The number of sulfonamides is 1. The first-order valence-corrected chi connectivity index (χ1v) is 13.6. The molecule has 0 saturated carbocycles. The molecule has 1 amide bonds. The number of hydrogen-bond donors (Lipinski definition) is 1. The number of nitrogens with one attached hydrogen (secondary N) is 1. The van der Waals surface area contributed by atoms with Crippen LogP contribution in [0.2, 0.25) is 0 Å². The Kier molecular flexibility index (Phi) is 7.17. The lowest BCUT2D eigenvalue weighted by atomic mass is 9.99. The van der Waals surface area contributed by atoms with Crippen LogP contribution in [-0.2, 0) is 14.8 Å². The molecule has 2 aromatic carbocycles. The molecule has 2 saturated heterocycles. The van der Waals surface area contributed by atoms with Crippen molar-refractivity contribution in [3.05, 3.63) is 66.1 Å². The molecule has 2 aliphatic heterocycles. The van der Waals surface area contributed by atoms with Crippen molar-refractivity contribution in [2.24, 2.45) is 5.92 Å². The van der Waals surface area contributed by atoms with Crippen LogP contribution in [0.1, 0.15) is 23.2 Å². The van der Waals surface area contributed by atoms with Crippen LogP contribution in [-0.4, -0.2) is 75.0 Å². The van der Waals surface area contributed by atoms with Gasteiger partial charge in [0.25, 0.3) is 15.9 Å². The van der Waals surface area contributed by atoms with Crippen LogP contribution >= 0.6 is 0 Å². The summed E-state index contributed by atoms with van der Waals surface area (Å²) in [4.78, 5) is 21.2. The highest BCUT2D eigenvalue weighted by Gasteiger charge is 2.27. The second-order valence-electron chi connectivity index (χ2n) is 9.28. The van der Waals surface area contributed by atoms with E-state index in [1.165, 1.54) is 24.4 Å². The summed E-state index contributed by atoms with van der Waals surface area (Å²) in [5, 5.41) is 0.681. The van der Waals surface area contributed by atoms with Crippen LogP contribution in [0.3, 0.4) is 0 Å². The zero-order valence-corrected chi connectivity index (χ0v) is 20.7. The van der Waals surface area contributed by atoms with Crippen molar-refractivity contribution < 1.29 is 22.3 Å². The van der Waals surface area contributed by atoms with Crippen molar-refractivity contribution in [1.82, 2.24) is 14.8 Å². The third-order valence-corrected chi connectivity index (χ3v) is 8.27. The number of nitrogens with zero attached hydrogens (tertiary/aromatic N) is 3. The van der Waals surface area contributed by atoms with Gasteiger partial charge in [0.1, 0.15) is 10.7 Å². The van der Waals surface area contributed by atoms with E-state index in [0.717, 1.165) is 51.8 Å². The van der Waals surface area contributed by atoms with E-state index in [1.807, 2.05) is 0 Å². The average Bonchev–Trinajstić information content (AvgIpc) is 2.89. The minimum absolute atomic E-state index is 0.000199. The van der Waals surface area contributed by atoms with Gasteiger partial charge in [0.15, 0.2) is 0 Å². The molecule has 3 heterocycles. The third kappa shape index (κ3) is 5.35. The number of anilines is 1. The number of para-hydroxylation sites is 1. The smallest absolute Gasteiger partial charge is 0.264 e. The Morgan fingerprint density at radius 1 is 1.06 bits per heavy atom. The van der Waals surface area contributed by atoms with Crippen LogP contribution in [0.4, 0.5) is 10.1 Å². The van der Waals surface area contributed by atoms with E-state index >= 15 is 0 Å². The minimum Gasteiger partial charge on any atom is -0.381 e. The first-order chi connectivity index (χ1) is 17.4. The monoisotopic (exact) mass is 512 g/mol. The molecule has 8 nitrogen and oxygen atoms in total. The van der Waals surface area contributed by atoms with Crippen molar-refractivity contribution in [1.29, 1.82) is 0 Å². The van der Waals surface area contributed by atoms with Gasteiger partial charge in [-0.05, 0) is 49.1 Å². The summed E-state index contributed by atoms with van der Waals surface area (Å²) in [5.41, 5.74) is 0.302. The van der Waals surface area contributed by atoms with Crippen molar-refractivity contribution >= 4 is 32.5 Å². The van der Waals surface area contributed by atoms with Crippen molar-refractivity contribution in [3.8, 4) is 0 Å². The number of carbonyl (C=O) groups excluding carboxylic acids is 1. The number of piperazine rings is 1. The number of hydrogen-bond acceptors (Lipinski definition) is 6. The van der Waals surface area contributed by atoms with Crippen LogP contribution in [0.25, 0.3) is 10.9 Å². The summed E-state index contributed by atoms with van der Waals surface area (Å²) in [7, 11) is -4.02. The van der Waals surface area contributed by atoms with Gasteiger partial charge in [-0.15, -0.1) is 0 Å². The summed E-state index contributed by atoms with van der Waals surface area (Å²) in [5.74, 6) is -0.522. The number of aromatic nitrogens is 1. The lowest BCUT2D eigenvalue weighted by molar-refractivity contribution is 0.0392. The zero-order chi connectivity index (χ0) is 25.1. The Morgan fingerprint density at radius 3 is 2.56 bits per heavy atom. The largest absolute Gasteiger partial charge is 0.381 e. The fraction of sp³-hybridized carbons (Fsp3) is 0.385. The highest BCUT2D eigenvalue weighted by atomic mass is 32.2. The molecule has 36 heavy (non-hydrogen) atoms. The molecule has 0 spiro atoms. The van der Waals surface area contributed by atoms with E-state index in [4.69, 9.17) is 4.74 Å². The van der Waals surface area contributed by atoms with Crippen LogP contribution < -0.4 is 4.72 Å². The fourth-order valence-electron chi connectivity index (χ4n) is 4.85. The predicted octanol–water partition coefficient (Wildman–Crippen LogP) is 3.36. The van der Waals surface area contributed by atoms with Crippen molar-refractivity contribution in [3.63, 3.8) is 0 Å². The summed E-state index contributed by atoms with van der Waals surface area (Å²) in [6.07, 6.45) is 3.65. The number of fused-ring (bicyclic) bond motifs is 1. The molecule has 0 radical (unpaired) electrons. The maximum absolute atomic E-state index is 15.0. The van der Waals surface area contributed by atoms with E-state index in [0.29, 0.717) is 29.9 Å². The molecule has 2 aliphatic rings. The summed E-state index contributed by atoms with van der Waals surface area (Å²) in [6, 6.07) is 12.1. The quantitative estimate of drug-likeness (QED) is 0.545. The molecule has 10 heteroatoms. The molecular weight excluding hydrogens is 483 g/mol. The first kappa shape index (κ1) is 24.6. The Hall–Kier alpha value is -3.08. The molecule has 0 aliphatic carbocycles. The summed E-state index contributed by atoms with van der Waals surface area (Å²) < 4.78 is 48.8. The molecule has 0 atom stereocenters. The maximum atomic E-state index is 15.0. The molecule has 190 valence electrons. The molecule has 1 N–H and O–H groups in total. The van der Waals surface area contributed by atoms with Gasteiger partial charge in [-0.1, -0.05) is 18.2 Å². The van der Waals surface area contributed by atoms with Crippen LogP contribution in [0.15, 0.2) is 59.6 Å². The summed E-state index contributed by atoms with van der Waals surface area (Å²) >= 11 is 0. The number of carbonyl (C=O) groups is 1. The SMILES string of the molecule is O=C(c1ccc(NS(=O)(=O)c2cccc3cccnc23)cc1F)N1CCN(CC2CCOCC2)CC1. The maximum Gasteiger partial charge on any atom is 0.264 e. The van der Waals surface area contributed by atoms with Crippen molar-refractivity contribution in [2.45, 2.75) is 17.7 Å². The molecule has 1 aromatic heterocycles. The number of benzene rings is 2. The van der Waals surface area contributed by atoms with Gasteiger partial charge in [0.05, 0.1) is 16.8 Å². The molecule has 3 aromatic rings. The van der Waals surface area contributed by atoms with Gasteiger partial charge >= 0.3 is 0 Å². The number of halogens is 1. The molecule has 2 fully saturated rings. The molecule has 0 unspecified atom stereocenters. The highest BCUT2D eigenvalue weighted by Crippen LogP contribution is 2.25. The highest BCUT2D eigenvalue weighted by molar-refractivity contribution is 7.93.